The highest BCUT2D eigenvalue weighted by Crippen LogP contribution is 2.15. The van der Waals surface area contributed by atoms with Crippen LogP contribution in [0.5, 0.6) is 5.75 Å². The Morgan fingerprint density at radius 1 is 0.795 bits per heavy atom. The molecule has 5 aromatic rings. The number of hydrogen-bond donors (Lipinski definition) is 3. The molecule has 5 rings (SSSR count). The van der Waals surface area contributed by atoms with Gasteiger partial charge in [0.1, 0.15) is 5.75 Å². The van der Waals surface area contributed by atoms with Crippen LogP contribution in [0, 0.1) is 0 Å². The highest BCUT2D eigenvalue weighted by Gasteiger charge is 2.08. The first kappa shape index (κ1) is 25.4. The molecule has 0 aliphatic carbocycles. The first-order chi connectivity index (χ1) is 19.1. The van der Waals surface area contributed by atoms with E-state index >= 15 is 0 Å². The maximum Gasteiger partial charge on any atom is 0.343 e. The molecule has 0 fully saturated rings. The van der Waals surface area contributed by atoms with Gasteiger partial charge >= 0.3 is 5.97 Å². The Labute approximate surface area is 228 Å². The van der Waals surface area contributed by atoms with E-state index in [2.05, 4.69) is 35.5 Å². The number of hydrazone groups is 1. The van der Waals surface area contributed by atoms with Gasteiger partial charge in [0, 0.05) is 5.02 Å². The predicted octanol–water partition coefficient (Wildman–Crippen LogP) is 5.52. The van der Waals surface area contributed by atoms with E-state index < -0.39 is 5.97 Å². The molecular weight excluding hydrogens is 514 g/mol. The van der Waals surface area contributed by atoms with Crippen LogP contribution >= 0.6 is 11.6 Å². The van der Waals surface area contributed by atoms with Gasteiger partial charge in [-0.05, 0) is 78.4 Å². The molecule has 10 heteroatoms. The molecule has 3 N–H and O–H groups in total. The molecule has 0 spiro atoms. The lowest BCUT2D eigenvalue weighted by Crippen LogP contribution is -2.28. The number of carbonyl (C=O) groups is 1. The quantitative estimate of drug-likeness (QED) is 0.110. The maximum absolute atomic E-state index is 12.3. The first-order valence-corrected chi connectivity index (χ1v) is 12.3. The van der Waals surface area contributed by atoms with E-state index in [0.717, 1.165) is 16.9 Å². The Morgan fingerprint density at radius 2 is 1.44 bits per heavy atom. The molecule has 0 aliphatic heterocycles. The molecule has 192 valence electrons. The minimum Gasteiger partial charge on any atom is -0.423 e. The predicted molar refractivity (Wildman–Crippen MR) is 150 cm³/mol. The molecule has 39 heavy (non-hydrogen) atoms. The molecule has 1 heterocycles. The van der Waals surface area contributed by atoms with Crippen LogP contribution in [0.1, 0.15) is 15.9 Å². The van der Waals surface area contributed by atoms with Gasteiger partial charge in [-0.2, -0.15) is 10.1 Å². The summed E-state index contributed by atoms with van der Waals surface area (Å²) in [7, 11) is 0. The lowest BCUT2D eigenvalue weighted by Gasteiger charge is -2.05. The van der Waals surface area contributed by atoms with Gasteiger partial charge < -0.3 is 4.74 Å². The van der Waals surface area contributed by atoms with Crippen LogP contribution in [-0.2, 0) is 0 Å². The highest BCUT2D eigenvalue weighted by molar-refractivity contribution is 6.30. The number of benzene rings is 4. The lowest BCUT2D eigenvalue weighted by molar-refractivity contribution is 0.0735. The summed E-state index contributed by atoms with van der Waals surface area (Å²) in [6.45, 7) is 0. The zero-order valence-corrected chi connectivity index (χ0v) is 21.2. The number of para-hydroxylation sites is 2. The fraction of sp³-hybridized carbons (Fsp3) is 0. The third-order valence-electron chi connectivity index (χ3n) is 5.23. The summed E-state index contributed by atoms with van der Waals surface area (Å²) in [6.07, 6.45) is 1.61. The number of aromatic amines is 2. The summed E-state index contributed by atoms with van der Waals surface area (Å²) in [6, 6.07) is 32.4. The van der Waals surface area contributed by atoms with Gasteiger partial charge in [-0.1, -0.05) is 48.0 Å². The summed E-state index contributed by atoms with van der Waals surface area (Å²) in [5.74, 6) is 0.279. The third-order valence-corrected chi connectivity index (χ3v) is 5.48. The standard InChI is InChI=1S/C29H22ClN7O2/c30-22-15-13-21(14-16-22)26(38)39-25-17-11-20(12-18-25)19-31-37-29-35-27(32-23-7-3-1-4-8-23)34-28(36-29)33-24-9-5-2-6-10-24/h1-19H,(H3,32,33,34,35,36,37)/b31-19-. The van der Waals surface area contributed by atoms with Crippen molar-refractivity contribution in [3.63, 3.8) is 0 Å². The number of esters is 1. The van der Waals surface area contributed by atoms with Gasteiger partial charge in [0.25, 0.3) is 0 Å². The fourth-order valence-electron chi connectivity index (χ4n) is 3.37. The van der Waals surface area contributed by atoms with Gasteiger partial charge in [-0.25, -0.2) is 20.2 Å². The molecule has 0 radical (unpaired) electrons. The second kappa shape index (κ2) is 12.3. The van der Waals surface area contributed by atoms with Crippen molar-refractivity contribution in [2.24, 2.45) is 15.1 Å². The summed E-state index contributed by atoms with van der Waals surface area (Å²) >= 11 is 5.87. The van der Waals surface area contributed by atoms with E-state index in [1.807, 2.05) is 60.7 Å². The Kier molecular flexibility index (Phi) is 8.01. The van der Waals surface area contributed by atoms with Crippen molar-refractivity contribution in [3.8, 4) is 5.75 Å². The van der Waals surface area contributed by atoms with Gasteiger partial charge in [-0.3, -0.25) is 9.97 Å². The summed E-state index contributed by atoms with van der Waals surface area (Å²) in [4.78, 5) is 32.0. The number of H-pyrrole nitrogens is 2. The molecule has 4 aromatic carbocycles. The van der Waals surface area contributed by atoms with Gasteiger partial charge in [0.15, 0.2) is 0 Å². The van der Waals surface area contributed by atoms with Crippen molar-refractivity contribution >= 4 is 41.1 Å². The van der Waals surface area contributed by atoms with E-state index in [0.29, 0.717) is 33.5 Å². The summed E-state index contributed by atoms with van der Waals surface area (Å²) < 4.78 is 5.41. The smallest absolute Gasteiger partial charge is 0.343 e. The van der Waals surface area contributed by atoms with E-state index in [-0.39, 0.29) is 0 Å². The molecule has 0 saturated carbocycles. The number of ether oxygens (including phenoxy) is 1. The van der Waals surface area contributed by atoms with Crippen molar-refractivity contribution in [1.29, 1.82) is 0 Å². The second-order valence-electron chi connectivity index (χ2n) is 8.11. The number of anilines is 1. The number of nitrogens with zero attached hydrogens (tertiary/aromatic N) is 4. The molecule has 0 bridgehead atoms. The molecule has 0 unspecified atom stereocenters. The molecule has 1 aromatic heterocycles. The molecule has 0 aliphatic rings. The zero-order chi connectivity index (χ0) is 26.9. The molecule has 0 saturated heterocycles. The van der Waals surface area contributed by atoms with Crippen LogP contribution in [-0.4, -0.2) is 27.1 Å². The second-order valence-corrected chi connectivity index (χ2v) is 8.55. The van der Waals surface area contributed by atoms with Crippen LogP contribution in [0.4, 0.5) is 17.3 Å². The maximum atomic E-state index is 12.3. The lowest BCUT2D eigenvalue weighted by atomic mass is 10.2. The molecule has 0 amide bonds. The monoisotopic (exact) mass is 535 g/mol. The average Bonchev–Trinajstić information content (AvgIpc) is 2.95. The number of nitrogens with one attached hydrogen (secondary N) is 3. The number of rotatable bonds is 7. The van der Waals surface area contributed by atoms with Crippen molar-refractivity contribution in [2.75, 3.05) is 5.43 Å². The van der Waals surface area contributed by atoms with Crippen molar-refractivity contribution in [3.05, 3.63) is 137 Å². The Hall–Kier alpha value is -5.28. The largest absolute Gasteiger partial charge is 0.423 e. The van der Waals surface area contributed by atoms with Crippen molar-refractivity contribution in [1.82, 2.24) is 15.0 Å². The van der Waals surface area contributed by atoms with Crippen LogP contribution in [0.3, 0.4) is 0 Å². The van der Waals surface area contributed by atoms with Gasteiger partial charge in [-0.15, -0.1) is 0 Å². The van der Waals surface area contributed by atoms with Crippen LogP contribution in [0.25, 0.3) is 0 Å². The number of halogens is 1. The van der Waals surface area contributed by atoms with E-state index in [1.54, 1.807) is 54.7 Å². The topological polar surface area (TPSA) is 120 Å². The van der Waals surface area contributed by atoms with Gasteiger partial charge in [0.2, 0.25) is 17.2 Å². The molecule has 0 atom stereocenters. The SMILES string of the molecule is O=C(Oc1ccc(/C=N\Nc2nc(=Nc3ccccc3)[nH]c(=Nc3ccccc3)[nH]2)cc1)c1ccc(Cl)cc1. The normalized spacial score (nSPS) is 12.0. The number of hydrogen-bond acceptors (Lipinski definition) is 7. The van der Waals surface area contributed by atoms with Crippen LogP contribution in [0.15, 0.2) is 124 Å². The van der Waals surface area contributed by atoms with E-state index in [1.165, 1.54) is 0 Å². The van der Waals surface area contributed by atoms with Crippen molar-refractivity contribution < 1.29 is 9.53 Å². The Morgan fingerprint density at radius 3 is 2.10 bits per heavy atom. The van der Waals surface area contributed by atoms with Gasteiger partial charge in [0.05, 0.1) is 23.2 Å². The van der Waals surface area contributed by atoms with Crippen molar-refractivity contribution in [2.45, 2.75) is 0 Å². The highest BCUT2D eigenvalue weighted by atomic mass is 35.5. The Balaban J connectivity index is 1.32. The molecule has 9 nitrogen and oxygen atoms in total. The van der Waals surface area contributed by atoms with Crippen LogP contribution < -0.4 is 21.4 Å². The number of carbonyl (C=O) groups excluding carboxylic acids is 1. The van der Waals surface area contributed by atoms with E-state index in [9.17, 15) is 4.79 Å². The fourth-order valence-corrected chi connectivity index (χ4v) is 3.50. The average molecular weight is 536 g/mol. The third kappa shape index (κ3) is 7.37. The summed E-state index contributed by atoms with van der Waals surface area (Å²) in [5, 5.41) is 4.82. The Bertz CT molecular complexity index is 1640. The molecular formula is C29H22ClN7O2. The van der Waals surface area contributed by atoms with Crippen LogP contribution in [0.2, 0.25) is 5.02 Å². The first-order valence-electron chi connectivity index (χ1n) is 11.9. The van der Waals surface area contributed by atoms with E-state index in [4.69, 9.17) is 16.3 Å². The zero-order valence-electron chi connectivity index (χ0n) is 20.5. The summed E-state index contributed by atoms with van der Waals surface area (Å²) in [5.41, 5.74) is 6.36. The minimum atomic E-state index is -0.467. The number of aromatic nitrogens is 3. The minimum absolute atomic E-state index is 0.336.